The highest BCUT2D eigenvalue weighted by molar-refractivity contribution is 5.99. The minimum Gasteiger partial charge on any atom is -0.330 e. The van der Waals surface area contributed by atoms with E-state index in [0.29, 0.717) is 36.1 Å². The SMILES string of the molecule is CCCC(=N)n1c(=N)c(=O)[nH]c2cc(C(=O)N3Cc4ccccc4C3)ccc21. The molecule has 1 amide bonds. The van der Waals surface area contributed by atoms with Gasteiger partial charge in [0.05, 0.1) is 11.0 Å². The van der Waals surface area contributed by atoms with Crippen LogP contribution in [0.25, 0.3) is 11.0 Å². The van der Waals surface area contributed by atoms with Crippen molar-refractivity contribution in [3.05, 3.63) is 75.0 Å². The largest absolute Gasteiger partial charge is 0.330 e. The zero-order valence-electron chi connectivity index (χ0n) is 15.6. The zero-order valence-corrected chi connectivity index (χ0v) is 15.6. The lowest BCUT2D eigenvalue weighted by atomic mass is 10.1. The first-order valence-corrected chi connectivity index (χ1v) is 9.27. The highest BCUT2D eigenvalue weighted by Gasteiger charge is 2.24. The fourth-order valence-electron chi connectivity index (χ4n) is 3.66. The summed E-state index contributed by atoms with van der Waals surface area (Å²) in [6.07, 6.45) is 1.20. The van der Waals surface area contributed by atoms with E-state index in [1.807, 2.05) is 31.2 Å². The summed E-state index contributed by atoms with van der Waals surface area (Å²) in [7, 11) is 0. The summed E-state index contributed by atoms with van der Waals surface area (Å²) >= 11 is 0. The van der Waals surface area contributed by atoms with Crippen molar-refractivity contribution in [1.29, 1.82) is 10.8 Å². The number of aromatic nitrogens is 2. The Balaban J connectivity index is 1.74. The molecular formula is C21H21N5O2. The molecular weight excluding hydrogens is 354 g/mol. The summed E-state index contributed by atoms with van der Waals surface area (Å²) in [4.78, 5) is 29.6. The van der Waals surface area contributed by atoms with Crippen molar-refractivity contribution in [2.24, 2.45) is 0 Å². The normalized spacial score (nSPS) is 13.0. The van der Waals surface area contributed by atoms with Crippen LogP contribution in [-0.2, 0) is 13.1 Å². The number of aromatic amines is 1. The van der Waals surface area contributed by atoms with Gasteiger partial charge in [0.1, 0.15) is 5.84 Å². The molecule has 0 bridgehead atoms. The highest BCUT2D eigenvalue weighted by Crippen LogP contribution is 2.24. The lowest BCUT2D eigenvalue weighted by Crippen LogP contribution is -2.39. The van der Waals surface area contributed by atoms with Crippen LogP contribution in [0.15, 0.2) is 47.3 Å². The van der Waals surface area contributed by atoms with E-state index in [0.717, 1.165) is 17.5 Å². The van der Waals surface area contributed by atoms with Crippen molar-refractivity contribution in [3.8, 4) is 0 Å². The third-order valence-electron chi connectivity index (χ3n) is 5.06. The topological polar surface area (TPSA) is 106 Å². The zero-order chi connectivity index (χ0) is 19.8. The summed E-state index contributed by atoms with van der Waals surface area (Å²) < 4.78 is 1.34. The number of amides is 1. The summed E-state index contributed by atoms with van der Waals surface area (Å²) in [5, 5.41) is 16.3. The number of carbonyl (C=O) groups excluding carboxylic acids is 1. The van der Waals surface area contributed by atoms with Crippen LogP contribution in [0, 0.1) is 10.8 Å². The molecule has 1 aliphatic rings. The quantitative estimate of drug-likeness (QED) is 0.483. The van der Waals surface area contributed by atoms with Crippen molar-refractivity contribution in [2.45, 2.75) is 32.9 Å². The van der Waals surface area contributed by atoms with Gasteiger partial charge in [-0.3, -0.25) is 25.0 Å². The molecule has 0 unspecified atom stereocenters. The summed E-state index contributed by atoms with van der Waals surface area (Å²) in [5.41, 5.74) is 2.91. The van der Waals surface area contributed by atoms with Gasteiger partial charge in [0.15, 0.2) is 5.49 Å². The smallest absolute Gasteiger partial charge is 0.291 e. The van der Waals surface area contributed by atoms with Gasteiger partial charge in [-0.05, 0) is 35.7 Å². The van der Waals surface area contributed by atoms with Gasteiger partial charge in [-0.25, -0.2) is 0 Å². The fraction of sp³-hybridized carbons (Fsp3) is 0.238. The van der Waals surface area contributed by atoms with Gasteiger partial charge in [0.25, 0.3) is 11.5 Å². The van der Waals surface area contributed by atoms with Gasteiger partial charge < -0.3 is 9.88 Å². The first-order valence-electron chi connectivity index (χ1n) is 9.27. The Kier molecular flexibility index (Phi) is 4.43. The predicted octanol–water partition coefficient (Wildman–Crippen LogP) is 2.59. The van der Waals surface area contributed by atoms with E-state index in [-0.39, 0.29) is 17.2 Å². The lowest BCUT2D eigenvalue weighted by molar-refractivity contribution is 0.0751. The molecule has 7 heteroatoms. The first-order chi connectivity index (χ1) is 13.5. The monoisotopic (exact) mass is 375 g/mol. The lowest BCUT2D eigenvalue weighted by Gasteiger charge is -2.17. The molecule has 2 aromatic carbocycles. The molecule has 2 heterocycles. The minimum absolute atomic E-state index is 0.107. The van der Waals surface area contributed by atoms with E-state index in [4.69, 9.17) is 10.8 Å². The standard InChI is InChI=1S/C21H21N5O2/c1-2-5-18(22)26-17-9-8-13(10-16(17)24-20(27)19(26)23)21(28)25-11-14-6-3-4-7-15(14)12-25/h3-4,6-10,22-23H,2,5,11-12H2,1H3,(H,24,27). The molecule has 0 spiro atoms. The van der Waals surface area contributed by atoms with E-state index < -0.39 is 5.56 Å². The number of benzene rings is 2. The minimum atomic E-state index is -0.577. The number of hydrogen-bond acceptors (Lipinski definition) is 4. The van der Waals surface area contributed by atoms with Crippen molar-refractivity contribution >= 4 is 22.8 Å². The van der Waals surface area contributed by atoms with Crippen LogP contribution in [0.2, 0.25) is 0 Å². The van der Waals surface area contributed by atoms with Gasteiger partial charge in [-0.2, -0.15) is 0 Å². The first kappa shape index (κ1) is 17.9. The average Bonchev–Trinajstić information content (AvgIpc) is 3.12. The van der Waals surface area contributed by atoms with Gasteiger partial charge >= 0.3 is 0 Å². The highest BCUT2D eigenvalue weighted by atomic mass is 16.2. The van der Waals surface area contributed by atoms with E-state index in [1.165, 1.54) is 4.57 Å². The second-order valence-corrected chi connectivity index (χ2v) is 7.00. The molecule has 3 N–H and O–H groups in total. The average molecular weight is 375 g/mol. The van der Waals surface area contributed by atoms with E-state index >= 15 is 0 Å². The van der Waals surface area contributed by atoms with Crippen molar-refractivity contribution in [3.63, 3.8) is 0 Å². The van der Waals surface area contributed by atoms with Crippen LogP contribution in [0.1, 0.15) is 41.3 Å². The Hall–Kier alpha value is -3.48. The predicted molar refractivity (Wildman–Crippen MR) is 106 cm³/mol. The molecule has 1 aliphatic heterocycles. The third kappa shape index (κ3) is 2.94. The fourth-order valence-corrected chi connectivity index (χ4v) is 3.66. The summed E-state index contributed by atoms with van der Waals surface area (Å²) in [6, 6.07) is 13.0. The van der Waals surface area contributed by atoms with Gasteiger partial charge in [0.2, 0.25) is 0 Å². The molecule has 0 atom stereocenters. The van der Waals surface area contributed by atoms with Crippen molar-refractivity contribution < 1.29 is 4.79 Å². The second-order valence-electron chi connectivity index (χ2n) is 7.00. The Morgan fingerprint density at radius 1 is 1.14 bits per heavy atom. The maximum absolute atomic E-state index is 13.0. The number of hydrogen-bond donors (Lipinski definition) is 3. The van der Waals surface area contributed by atoms with Crippen molar-refractivity contribution in [2.75, 3.05) is 0 Å². The van der Waals surface area contributed by atoms with Crippen LogP contribution in [0.5, 0.6) is 0 Å². The summed E-state index contributed by atoms with van der Waals surface area (Å²) in [6.45, 7) is 3.08. The molecule has 0 fully saturated rings. The molecule has 7 nitrogen and oxygen atoms in total. The van der Waals surface area contributed by atoms with Crippen molar-refractivity contribution in [1.82, 2.24) is 14.5 Å². The number of carbonyl (C=O) groups is 1. The second kappa shape index (κ2) is 6.92. The molecule has 0 saturated carbocycles. The van der Waals surface area contributed by atoms with Gasteiger partial charge in [-0.15, -0.1) is 0 Å². The molecule has 0 aliphatic carbocycles. The van der Waals surface area contributed by atoms with Crippen LogP contribution in [0.4, 0.5) is 0 Å². The third-order valence-corrected chi connectivity index (χ3v) is 5.06. The van der Waals surface area contributed by atoms with Crippen LogP contribution < -0.4 is 11.0 Å². The number of nitrogens with one attached hydrogen (secondary N) is 3. The molecule has 28 heavy (non-hydrogen) atoms. The van der Waals surface area contributed by atoms with E-state index in [2.05, 4.69) is 4.98 Å². The van der Waals surface area contributed by atoms with Gasteiger partial charge in [0, 0.05) is 25.1 Å². The Labute approximate surface area is 161 Å². The molecule has 3 aromatic rings. The van der Waals surface area contributed by atoms with E-state index in [1.54, 1.807) is 23.1 Å². The molecule has 1 aromatic heterocycles. The Bertz CT molecular complexity index is 1200. The molecule has 0 saturated heterocycles. The van der Waals surface area contributed by atoms with Crippen LogP contribution >= 0.6 is 0 Å². The Morgan fingerprint density at radius 2 is 1.82 bits per heavy atom. The van der Waals surface area contributed by atoms with E-state index in [9.17, 15) is 9.59 Å². The van der Waals surface area contributed by atoms with Crippen LogP contribution in [-0.4, -0.2) is 26.2 Å². The number of H-pyrrole nitrogens is 1. The number of rotatable bonds is 3. The van der Waals surface area contributed by atoms with Crippen LogP contribution in [0.3, 0.4) is 0 Å². The summed E-state index contributed by atoms with van der Waals surface area (Å²) in [5.74, 6) is 0.0850. The number of fused-ring (bicyclic) bond motifs is 2. The Morgan fingerprint density at radius 3 is 2.46 bits per heavy atom. The van der Waals surface area contributed by atoms with Gasteiger partial charge in [-0.1, -0.05) is 31.2 Å². The molecule has 0 radical (unpaired) electrons. The number of nitrogens with zero attached hydrogens (tertiary/aromatic N) is 2. The maximum Gasteiger partial charge on any atom is 0.291 e. The maximum atomic E-state index is 13.0. The molecule has 4 rings (SSSR count). The molecule has 142 valence electrons.